The molecule has 4 heteroatoms. The van der Waals surface area contributed by atoms with Crippen LogP contribution in [0.1, 0.15) is 33.1 Å². The van der Waals surface area contributed by atoms with Gasteiger partial charge in [-0.25, -0.2) is 0 Å². The first-order valence-electron chi connectivity index (χ1n) is 8.84. The molecule has 25 heavy (non-hydrogen) atoms. The van der Waals surface area contributed by atoms with E-state index in [0.29, 0.717) is 0 Å². The smallest absolute Gasteiger partial charge is 0.126 e. The number of benzene rings is 2. The van der Waals surface area contributed by atoms with Gasteiger partial charge >= 0.3 is 0 Å². The van der Waals surface area contributed by atoms with Gasteiger partial charge in [0.25, 0.3) is 0 Å². The van der Waals surface area contributed by atoms with Gasteiger partial charge in [0, 0.05) is 17.6 Å². The zero-order valence-corrected chi connectivity index (χ0v) is 16.7. The highest BCUT2D eigenvalue weighted by Crippen LogP contribution is 2.25. The van der Waals surface area contributed by atoms with Gasteiger partial charge in [-0.3, -0.25) is 0 Å². The van der Waals surface area contributed by atoms with Crippen molar-refractivity contribution in [1.82, 2.24) is 0 Å². The average Bonchev–Trinajstić information content (AvgIpc) is 2.62. The largest absolute Gasteiger partial charge is 0.485 e. The zero-order valence-electron chi connectivity index (χ0n) is 15.1. The third-order valence-corrected chi connectivity index (χ3v) is 4.55. The summed E-state index contributed by atoms with van der Waals surface area (Å²) in [5, 5.41) is 13.8. The molecule has 0 heterocycles. The molecule has 3 nitrogen and oxygen atoms in total. The predicted octanol–water partition coefficient (Wildman–Crippen LogP) is 5.48. The normalized spacial score (nSPS) is 11.4. The first-order valence-corrected chi connectivity index (χ1v) is 9.96. The summed E-state index contributed by atoms with van der Waals surface area (Å²) in [7, 11) is 0. The first kappa shape index (κ1) is 19.8. The van der Waals surface area contributed by atoms with Crippen molar-refractivity contribution in [2.75, 3.05) is 23.8 Å². The van der Waals surface area contributed by atoms with Gasteiger partial charge in [-0.15, -0.1) is 0 Å². The fourth-order valence-electron chi connectivity index (χ4n) is 2.48. The van der Waals surface area contributed by atoms with E-state index in [1.54, 1.807) is 0 Å². The molecule has 0 aromatic heterocycles. The number of rotatable bonds is 10. The van der Waals surface area contributed by atoms with E-state index in [2.05, 4.69) is 45.5 Å². The number of aliphatic hydroxyl groups is 1. The van der Waals surface area contributed by atoms with Crippen molar-refractivity contribution >= 4 is 21.6 Å². The second-order valence-electron chi connectivity index (χ2n) is 6.80. The maximum Gasteiger partial charge on any atom is 0.126 e. The summed E-state index contributed by atoms with van der Waals surface area (Å²) in [6.45, 7) is 4.73. The number of hydrogen-bond acceptors (Lipinski definition) is 3. The van der Waals surface area contributed by atoms with E-state index >= 15 is 0 Å². The molecular weight excluding hydrogens is 378 g/mol. The number of unbranched alkanes of at least 4 members (excludes halogenated alkanes) is 2. The lowest BCUT2D eigenvalue weighted by molar-refractivity contribution is 0.0413. The highest BCUT2D eigenvalue weighted by atomic mass is 79.9. The number of ether oxygens (including phenoxy) is 1. The quantitative estimate of drug-likeness (QED) is 0.406. The van der Waals surface area contributed by atoms with Crippen LogP contribution in [-0.2, 0) is 0 Å². The van der Waals surface area contributed by atoms with Crippen molar-refractivity contribution in [3.8, 4) is 16.9 Å². The Morgan fingerprint density at radius 2 is 1.52 bits per heavy atom. The molecule has 0 aliphatic heterocycles. The molecule has 0 saturated heterocycles. The van der Waals surface area contributed by atoms with Gasteiger partial charge in [-0.1, -0.05) is 46.6 Å². The van der Waals surface area contributed by atoms with Gasteiger partial charge in [0.05, 0.1) is 6.61 Å². The molecule has 0 unspecified atom stereocenters. The maximum atomic E-state index is 9.28. The van der Waals surface area contributed by atoms with E-state index in [1.165, 1.54) is 24.8 Å². The monoisotopic (exact) mass is 405 g/mol. The number of halogens is 1. The minimum atomic E-state index is -0.566. The standard InChI is InChI=1S/C21H28BrNO2/c1-21(2,16-24)25-20-12-8-18(9-13-20)17-6-10-19(11-7-17)23-15-5-3-4-14-22/h6-13,23-24H,3-5,14-16H2,1-2H3. The summed E-state index contributed by atoms with van der Waals surface area (Å²) in [6, 6.07) is 16.5. The molecular formula is C21H28BrNO2. The molecule has 0 saturated carbocycles. The van der Waals surface area contributed by atoms with Crippen molar-refractivity contribution in [2.45, 2.75) is 38.7 Å². The van der Waals surface area contributed by atoms with E-state index in [1.807, 2.05) is 38.1 Å². The minimum absolute atomic E-state index is 0.0146. The van der Waals surface area contributed by atoms with Crippen LogP contribution in [0.2, 0.25) is 0 Å². The molecule has 0 bridgehead atoms. The lowest BCUT2D eigenvalue weighted by Gasteiger charge is -2.23. The van der Waals surface area contributed by atoms with E-state index in [-0.39, 0.29) is 6.61 Å². The van der Waals surface area contributed by atoms with Crippen molar-refractivity contribution in [1.29, 1.82) is 0 Å². The Labute approximate surface area is 159 Å². The lowest BCUT2D eigenvalue weighted by Crippen LogP contribution is -2.32. The van der Waals surface area contributed by atoms with Crippen molar-refractivity contribution in [3.63, 3.8) is 0 Å². The van der Waals surface area contributed by atoms with E-state index < -0.39 is 5.60 Å². The Morgan fingerprint density at radius 1 is 0.920 bits per heavy atom. The number of hydrogen-bond donors (Lipinski definition) is 2. The Morgan fingerprint density at radius 3 is 2.08 bits per heavy atom. The zero-order chi connectivity index (χ0) is 18.1. The molecule has 0 atom stereocenters. The van der Waals surface area contributed by atoms with Crippen LogP contribution in [0.5, 0.6) is 5.75 Å². The van der Waals surface area contributed by atoms with Crippen LogP contribution in [-0.4, -0.2) is 29.2 Å². The van der Waals surface area contributed by atoms with E-state index in [9.17, 15) is 5.11 Å². The molecule has 0 fully saturated rings. The van der Waals surface area contributed by atoms with Gasteiger partial charge in [0.15, 0.2) is 0 Å². The Hall–Kier alpha value is -1.52. The van der Waals surface area contributed by atoms with Gasteiger partial charge in [-0.2, -0.15) is 0 Å². The number of aliphatic hydroxyl groups excluding tert-OH is 1. The molecule has 0 amide bonds. The third kappa shape index (κ3) is 6.71. The van der Waals surface area contributed by atoms with Crippen molar-refractivity contribution < 1.29 is 9.84 Å². The van der Waals surface area contributed by atoms with Crippen LogP contribution >= 0.6 is 15.9 Å². The Bertz CT molecular complexity index is 623. The molecule has 2 aromatic carbocycles. The summed E-state index contributed by atoms with van der Waals surface area (Å²) in [6.07, 6.45) is 3.67. The van der Waals surface area contributed by atoms with Crippen LogP contribution in [0, 0.1) is 0 Å². The number of nitrogens with one attached hydrogen (secondary N) is 1. The summed E-state index contributed by atoms with van der Waals surface area (Å²) >= 11 is 3.46. The Kier molecular flexibility index (Phi) is 7.79. The third-order valence-electron chi connectivity index (χ3n) is 3.99. The van der Waals surface area contributed by atoms with Crippen molar-refractivity contribution in [2.24, 2.45) is 0 Å². The Balaban J connectivity index is 1.91. The lowest BCUT2D eigenvalue weighted by atomic mass is 10.0. The SMILES string of the molecule is CC(C)(CO)Oc1ccc(-c2ccc(NCCCCCBr)cc2)cc1. The van der Waals surface area contributed by atoms with Crippen LogP contribution in [0.3, 0.4) is 0 Å². The van der Waals surface area contributed by atoms with Gasteiger partial charge < -0.3 is 15.2 Å². The van der Waals surface area contributed by atoms with Gasteiger partial charge in [-0.05, 0) is 62.1 Å². The second kappa shape index (κ2) is 9.83. The number of alkyl halides is 1. The fraction of sp³-hybridized carbons (Fsp3) is 0.429. The summed E-state index contributed by atoms with van der Waals surface area (Å²) < 4.78 is 5.77. The van der Waals surface area contributed by atoms with Crippen molar-refractivity contribution in [3.05, 3.63) is 48.5 Å². The topological polar surface area (TPSA) is 41.5 Å². The molecule has 0 spiro atoms. The highest BCUT2D eigenvalue weighted by molar-refractivity contribution is 9.09. The van der Waals surface area contributed by atoms with Gasteiger partial charge in [0.1, 0.15) is 11.4 Å². The molecule has 2 rings (SSSR count). The van der Waals surface area contributed by atoms with Crippen LogP contribution in [0.15, 0.2) is 48.5 Å². The highest BCUT2D eigenvalue weighted by Gasteiger charge is 2.17. The fourth-order valence-corrected chi connectivity index (χ4v) is 2.87. The van der Waals surface area contributed by atoms with Crippen LogP contribution in [0.4, 0.5) is 5.69 Å². The van der Waals surface area contributed by atoms with Crippen LogP contribution in [0.25, 0.3) is 11.1 Å². The first-order chi connectivity index (χ1) is 12.0. The summed E-state index contributed by atoms with van der Waals surface area (Å²) in [4.78, 5) is 0. The summed E-state index contributed by atoms with van der Waals surface area (Å²) in [5.74, 6) is 0.768. The number of anilines is 1. The average molecular weight is 406 g/mol. The molecule has 0 aliphatic carbocycles. The maximum absolute atomic E-state index is 9.28. The molecule has 2 aromatic rings. The predicted molar refractivity (Wildman–Crippen MR) is 110 cm³/mol. The van der Waals surface area contributed by atoms with E-state index in [4.69, 9.17) is 4.74 Å². The molecule has 0 aliphatic rings. The summed E-state index contributed by atoms with van der Waals surface area (Å²) in [5.41, 5.74) is 2.92. The van der Waals surface area contributed by atoms with Gasteiger partial charge in [0.2, 0.25) is 0 Å². The molecule has 136 valence electrons. The molecule has 2 N–H and O–H groups in total. The van der Waals surface area contributed by atoms with Crippen LogP contribution < -0.4 is 10.1 Å². The van der Waals surface area contributed by atoms with E-state index in [0.717, 1.165) is 28.9 Å². The second-order valence-corrected chi connectivity index (χ2v) is 7.59. The minimum Gasteiger partial charge on any atom is -0.485 e. The molecule has 0 radical (unpaired) electrons.